The summed E-state index contributed by atoms with van der Waals surface area (Å²) >= 11 is 0. The molecule has 1 saturated heterocycles. The lowest BCUT2D eigenvalue weighted by Crippen LogP contribution is -2.36. The maximum absolute atomic E-state index is 12.6. The summed E-state index contributed by atoms with van der Waals surface area (Å²) in [6.45, 7) is 1.37. The van der Waals surface area contributed by atoms with Gasteiger partial charge in [-0.15, -0.1) is 0 Å². The fraction of sp³-hybridized carbons (Fsp3) is 0.348. The van der Waals surface area contributed by atoms with Crippen LogP contribution < -0.4 is 5.32 Å². The summed E-state index contributed by atoms with van der Waals surface area (Å²) < 4.78 is 0. The Balaban J connectivity index is 1.39. The summed E-state index contributed by atoms with van der Waals surface area (Å²) in [7, 11) is 0. The van der Waals surface area contributed by atoms with Crippen LogP contribution in [0.3, 0.4) is 0 Å². The molecule has 1 aliphatic carbocycles. The Morgan fingerprint density at radius 2 is 1.69 bits per heavy atom. The standard InChI is InChI=1S/C23H24N2O4/c26-20(14-23(22(28)29)12-17-4-1-2-5-18(17)13-23)24-19-9-7-16(8-10-19)15-25-11-3-6-21(25)27/h1-2,4-5,7-10H,3,6,11-15H2,(H,24,26)(H,28,29). The second-order valence-electron chi connectivity index (χ2n) is 8.05. The van der Waals surface area contributed by atoms with E-state index in [1.165, 1.54) is 0 Å². The van der Waals surface area contributed by atoms with Gasteiger partial charge in [-0.1, -0.05) is 36.4 Å². The lowest BCUT2D eigenvalue weighted by molar-refractivity contribution is -0.150. The van der Waals surface area contributed by atoms with Crippen LogP contribution in [0, 0.1) is 5.41 Å². The number of likely N-dealkylation sites (tertiary alicyclic amines) is 1. The van der Waals surface area contributed by atoms with Gasteiger partial charge in [-0.2, -0.15) is 0 Å². The van der Waals surface area contributed by atoms with Gasteiger partial charge >= 0.3 is 5.97 Å². The second-order valence-corrected chi connectivity index (χ2v) is 8.05. The second kappa shape index (κ2) is 7.70. The van der Waals surface area contributed by atoms with E-state index in [-0.39, 0.29) is 18.2 Å². The molecule has 6 heteroatoms. The largest absolute Gasteiger partial charge is 0.481 e. The molecule has 0 aromatic heterocycles. The zero-order valence-electron chi connectivity index (χ0n) is 16.2. The van der Waals surface area contributed by atoms with Crippen molar-refractivity contribution in [2.24, 2.45) is 5.41 Å². The summed E-state index contributed by atoms with van der Waals surface area (Å²) in [5.41, 5.74) is 2.55. The molecular formula is C23H24N2O4. The number of nitrogens with zero attached hydrogens (tertiary/aromatic N) is 1. The Hall–Kier alpha value is -3.15. The number of rotatable bonds is 6. The summed E-state index contributed by atoms with van der Waals surface area (Å²) in [6.07, 6.45) is 2.19. The maximum atomic E-state index is 12.6. The van der Waals surface area contributed by atoms with Crippen LogP contribution in [0.2, 0.25) is 0 Å². The van der Waals surface area contributed by atoms with E-state index in [0.29, 0.717) is 31.5 Å². The lowest BCUT2D eigenvalue weighted by Gasteiger charge is -2.23. The lowest BCUT2D eigenvalue weighted by atomic mass is 9.81. The number of carboxylic acid groups (broad SMARTS) is 1. The average Bonchev–Trinajstić information content (AvgIpc) is 3.27. The molecule has 2 aromatic rings. The van der Waals surface area contributed by atoms with Gasteiger partial charge in [0.1, 0.15) is 0 Å². The van der Waals surface area contributed by atoms with E-state index in [4.69, 9.17) is 0 Å². The molecule has 6 nitrogen and oxygen atoms in total. The molecule has 2 N–H and O–H groups in total. The van der Waals surface area contributed by atoms with Crippen LogP contribution in [-0.2, 0) is 33.8 Å². The van der Waals surface area contributed by atoms with Gasteiger partial charge < -0.3 is 15.3 Å². The topological polar surface area (TPSA) is 86.7 Å². The van der Waals surface area contributed by atoms with Crippen LogP contribution in [0.1, 0.15) is 36.0 Å². The Kier molecular flexibility index (Phi) is 5.09. The molecule has 1 heterocycles. The minimum Gasteiger partial charge on any atom is -0.481 e. The molecule has 2 amide bonds. The van der Waals surface area contributed by atoms with Gasteiger partial charge in [-0.3, -0.25) is 14.4 Å². The average molecular weight is 392 g/mol. The predicted octanol–water partition coefficient (Wildman–Crippen LogP) is 3.01. The number of fused-ring (bicyclic) bond motifs is 1. The first-order chi connectivity index (χ1) is 13.9. The van der Waals surface area contributed by atoms with Gasteiger partial charge in [-0.25, -0.2) is 0 Å². The highest BCUT2D eigenvalue weighted by Gasteiger charge is 2.45. The maximum Gasteiger partial charge on any atom is 0.310 e. The highest BCUT2D eigenvalue weighted by molar-refractivity contribution is 5.94. The highest BCUT2D eigenvalue weighted by atomic mass is 16.4. The number of hydrogen-bond donors (Lipinski definition) is 2. The monoisotopic (exact) mass is 392 g/mol. The van der Waals surface area contributed by atoms with Gasteiger partial charge in [0.25, 0.3) is 0 Å². The number of carbonyl (C=O) groups excluding carboxylic acids is 2. The third-order valence-electron chi connectivity index (χ3n) is 5.91. The van der Waals surface area contributed by atoms with E-state index in [9.17, 15) is 19.5 Å². The fourth-order valence-electron chi connectivity index (χ4n) is 4.34. The molecule has 0 radical (unpaired) electrons. The number of carboxylic acids is 1. The van der Waals surface area contributed by atoms with Gasteiger partial charge in [0.15, 0.2) is 0 Å². The first-order valence-electron chi connectivity index (χ1n) is 9.92. The van der Waals surface area contributed by atoms with Crippen LogP contribution in [0.25, 0.3) is 0 Å². The number of benzene rings is 2. The van der Waals surface area contributed by atoms with E-state index >= 15 is 0 Å². The summed E-state index contributed by atoms with van der Waals surface area (Å²) in [5, 5.41) is 12.7. The van der Waals surface area contributed by atoms with Crippen LogP contribution >= 0.6 is 0 Å². The van der Waals surface area contributed by atoms with E-state index in [0.717, 1.165) is 29.7 Å². The number of carbonyl (C=O) groups is 3. The highest BCUT2D eigenvalue weighted by Crippen LogP contribution is 2.40. The normalized spacial score (nSPS) is 17.2. The molecule has 0 atom stereocenters. The number of aliphatic carboxylic acids is 1. The molecule has 0 bridgehead atoms. The molecule has 4 rings (SSSR count). The molecule has 0 spiro atoms. The zero-order chi connectivity index (χ0) is 20.4. The molecule has 0 unspecified atom stereocenters. The van der Waals surface area contributed by atoms with Crippen molar-refractivity contribution in [3.63, 3.8) is 0 Å². The van der Waals surface area contributed by atoms with Gasteiger partial charge in [0.2, 0.25) is 11.8 Å². The summed E-state index contributed by atoms with van der Waals surface area (Å²) in [4.78, 5) is 38.2. The van der Waals surface area contributed by atoms with E-state index in [1.807, 2.05) is 41.3 Å². The van der Waals surface area contributed by atoms with E-state index in [1.54, 1.807) is 12.1 Å². The van der Waals surface area contributed by atoms with Crippen molar-refractivity contribution in [1.29, 1.82) is 0 Å². The van der Waals surface area contributed by atoms with Crippen molar-refractivity contribution in [3.8, 4) is 0 Å². The van der Waals surface area contributed by atoms with Crippen LogP contribution in [0.5, 0.6) is 0 Å². The number of amides is 2. The molecule has 0 saturated carbocycles. The number of hydrogen-bond acceptors (Lipinski definition) is 3. The first-order valence-corrected chi connectivity index (χ1v) is 9.92. The van der Waals surface area contributed by atoms with Crippen LogP contribution in [0.15, 0.2) is 48.5 Å². The molecule has 150 valence electrons. The zero-order valence-corrected chi connectivity index (χ0v) is 16.2. The van der Waals surface area contributed by atoms with Crippen LogP contribution in [0.4, 0.5) is 5.69 Å². The van der Waals surface area contributed by atoms with E-state index in [2.05, 4.69) is 5.32 Å². The fourth-order valence-corrected chi connectivity index (χ4v) is 4.34. The minimum atomic E-state index is -1.09. The Bertz CT molecular complexity index is 927. The van der Waals surface area contributed by atoms with Crippen molar-refractivity contribution in [2.45, 2.75) is 38.6 Å². The van der Waals surface area contributed by atoms with Crippen molar-refractivity contribution < 1.29 is 19.5 Å². The summed E-state index contributed by atoms with van der Waals surface area (Å²) in [5.74, 6) is -1.06. The third kappa shape index (κ3) is 4.01. The number of anilines is 1. The first kappa shape index (κ1) is 19.2. The van der Waals surface area contributed by atoms with Gasteiger partial charge in [-0.05, 0) is 48.1 Å². The quantitative estimate of drug-likeness (QED) is 0.791. The van der Waals surface area contributed by atoms with Crippen LogP contribution in [-0.4, -0.2) is 34.3 Å². The third-order valence-corrected chi connectivity index (χ3v) is 5.91. The molecule has 2 aromatic carbocycles. The smallest absolute Gasteiger partial charge is 0.310 e. The number of nitrogens with one attached hydrogen (secondary N) is 1. The minimum absolute atomic E-state index is 0.0684. The van der Waals surface area contributed by atoms with E-state index < -0.39 is 11.4 Å². The summed E-state index contributed by atoms with van der Waals surface area (Å²) in [6, 6.07) is 15.0. The molecule has 1 fully saturated rings. The van der Waals surface area contributed by atoms with Crippen molar-refractivity contribution >= 4 is 23.5 Å². The van der Waals surface area contributed by atoms with Gasteiger partial charge in [0, 0.05) is 31.6 Å². The molecule has 1 aliphatic heterocycles. The molecular weight excluding hydrogens is 368 g/mol. The molecule has 2 aliphatic rings. The van der Waals surface area contributed by atoms with Crippen molar-refractivity contribution in [1.82, 2.24) is 4.90 Å². The van der Waals surface area contributed by atoms with Crippen molar-refractivity contribution in [2.75, 3.05) is 11.9 Å². The van der Waals surface area contributed by atoms with Crippen molar-refractivity contribution in [3.05, 3.63) is 65.2 Å². The Morgan fingerprint density at radius 1 is 1.03 bits per heavy atom. The molecule has 29 heavy (non-hydrogen) atoms. The Morgan fingerprint density at radius 3 is 2.24 bits per heavy atom. The Labute approximate surface area is 169 Å². The SMILES string of the molecule is O=C(CC1(C(=O)O)Cc2ccccc2C1)Nc1ccc(CN2CCCC2=O)cc1. The predicted molar refractivity (Wildman–Crippen MR) is 108 cm³/mol. The van der Waals surface area contributed by atoms with Gasteiger partial charge in [0.05, 0.1) is 5.41 Å².